The van der Waals surface area contributed by atoms with Gasteiger partial charge in [-0.15, -0.1) is 0 Å². The van der Waals surface area contributed by atoms with Gasteiger partial charge in [0.05, 0.1) is 30.3 Å². The van der Waals surface area contributed by atoms with E-state index in [1.165, 1.54) is 318 Å². The molecule has 16 heteroatoms. The molecule has 0 bridgehead atoms. The van der Waals surface area contributed by atoms with Crippen LogP contribution in [0.4, 0.5) is 0 Å². The van der Waals surface area contributed by atoms with E-state index < -0.39 is 0 Å². The summed E-state index contributed by atoms with van der Waals surface area (Å²) in [6, 6.07) is 59.8. The lowest BCUT2D eigenvalue weighted by Crippen LogP contribution is -2.19. The van der Waals surface area contributed by atoms with E-state index in [0.29, 0.717) is 101 Å². The monoisotopic (exact) mass is 1960 g/mol. The number of aromatic hydroxyl groups is 5. The molecule has 6 heterocycles. The zero-order chi connectivity index (χ0) is 94.6. The fraction of sp³-hybridized carbons (Fsp3) is 0.513. The lowest BCUT2D eigenvalue weighted by molar-refractivity contribution is 0.183. The number of rotatable bonds is 17. The Kier molecular flexibility index (Phi) is 37.9. The molecule has 0 spiro atoms. The molecule has 11 aromatic carbocycles. The van der Waals surface area contributed by atoms with Crippen LogP contribution in [-0.2, 0) is 76.3 Å². The Hall–Kier alpha value is -6.89. The first-order chi connectivity index (χ1) is 65.5. The maximum atomic E-state index is 9.81. The molecule has 5 unspecified atom stereocenters. The molecule has 10 aliphatic rings. The molecule has 6 saturated heterocycles. The van der Waals surface area contributed by atoms with Crippen molar-refractivity contribution in [3.63, 3.8) is 0 Å². The first-order valence-corrected chi connectivity index (χ1v) is 62.9. The molecule has 5 atom stereocenters. The molecule has 5 N–H and O–H groups in total. The number of aryl methyl sites for hydroxylation is 6. The Morgan fingerprint density at radius 2 is 0.822 bits per heavy atom. The Labute approximate surface area is 831 Å². The van der Waals surface area contributed by atoms with Crippen LogP contribution in [0.5, 0.6) is 51.7 Å². The number of ether oxygens (including phenoxy) is 4. The summed E-state index contributed by atoms with van der Waals surface area (Å²) < 4.78 is 26.1. The van der Waals surface area contributed by atoms with Crippen LogP contribution < -0.4 is 18.9 Å². The highest BCUT2D eigenvalue weighted by Gasteiger charge is 2.43. The van der Waals surface area contributed by atoms with Gasteiger partial charge in [0, 0.05) is 109 Å². The molecular formula is C119H159O9S7+7. The van der Waals surface area contributed by atoms with Crippen molar-refractivity contribution < 1.29 is 44.5 Å². The van der Waals surface area contributed by atoms with Gasteiger partial charge in [-0.25, -0.2) is 0 Å². The number of hydrogen-bond donors (Lipinski definition) is 5. The van der Waals surface area contributed by atoms with Gasteiger partial charge >= 0.3 is 0 Å². The first kappa shape index (κ1) is 102. The van der Waals surface area contributed by atoms with Crippen LogP contribution in [-0.4, -0.2) is 130 Å². The lowest BCUT2D eigenvalue weighted by Gasteiger charge is -2.22. The number of phenols is 5. The first-order valence-electron chi connectivity index (χ1n) is 51.8. The predicted octanol–water partition coefficient (Wildman–Crippen LogP) is 30.2. The summed E-state index contributed by atoms with van der Waals surface area (Å²) in [6.45, 7) is 22.2. The molecule has 6 aliphatic heterocycles. The molecule has 0 aromatic heterocycles. The summed E-state index contributed by atoms with van der Waals surface area (Å²) in [5, 5.41) is 60.7. The minimum atomic E-state index is 0.108. The van der Waals surface area contributed by atoms with Gasteiger partial charge in [-0.3, -0.25) is 0 Å². The number of phenolic OH excluding ortho intramolecular Hbond substituents is 5. The van der Waals surface area contributed by atoms with E-state index in [1.807, 2.05) is 47.6 Å². The highest BCUT2D eigenvalue weighted by molar-refractivity contribution is 7.99. The summed E-state index contributed by atoms with van der Waals surface area (Å²) in [4.78, 5) is 10.1. The van der Waals surface area contributed by atoms with E-state index in [1.54, 1.807) is 29.2 Å². The maximum absolute atomic E-state index is 9.81. The average molecular weight is 1960 g/mol. The van der Waals surface area contributed by atoms with Gasteiger partial charge in [-0.05, 0) is 389 Å². The van der Waals surface area contributed by atoms with Crippen molar-refractivity contribution in [3.8, 4) is 51.7 Å². The van der Waals surface area contributed by atoms with Gasteiger partial charge in [-0.2, -0.15) is 0 Å². The van der Waals surface area contributed by atoms with Crippen LogP contribution in [0.3, 0.4) is 0 Å². The second-order valence-corrected chi connectivity index (χ2v) is 56.7. The fourth-order valence-corrected chi connectivity index (χ4v) is 38.5. The van der Waals surface area contributed by atoms with Crippen molar-refractivity contribution in [1.29, 1.82) is 0 Å². The van der Waals surface area contributed by atoms with Gasteiger partial charge in [0.25, 0.3) is 0 Å². The second-order valence-electron chi connectivity index (χ2n) is 40.3. The molecule has 21 rings (SSSR count). The largest absolute Gasteiger partial charge is 0.508 e. The molecule has 135 heavy (non-hydrogen) atoms. The molecule has 9 nitrogen and oxygen atoms in total. The Morgan fingerprint density at radius 1 is 0.348 bits per heavy atom. The molecule has 4 aliphatic carbocycles. The van der Waals surface area contributed by atoms with E-state index in [2.05, 4.69) is 180 Å². The van der Waals surface area contributed by atoms with E-state index in [4.69, 9.17) is 18.9 Å². The Morgan fingerprint density at radius 3 is 1.38 bits per heavy atom. The van der Waals surface area contributed by atoms with Gasteiger partial charge in [0.2, 0.25) is 4.90 Å². The highest BCUT2D eigenvalue weighted by atomic mass is 32.2. The smallest absolute Gasteiger partial charge is 0.204 e. The lowest BCUT2D eigenvalue weighted by atomic mass is 9.90. The zero-order valence-electron chi connectivity index (χ0n) is 83.5. The predicted molar refractivity (Wildman–Crippen MR) is 590 cm³/mol. The van der Waals surface area contributed by atoms with Crippen molar-refractivity contribution in [3.05, 3.63) is 203 Å². The van der Waals surface area contributed by atoms with Crippen molar-refractivity contribution >= 4 is 119 Å². The topological polar surface area (TPSA) is 138 Å². The third kappa shape index (κ3) is 27.1. The third-order valence-electron chi connectivity index (χ3n) is 29.6. The van der Waals surface area contributed by atoms with Crippen LogP contribution in [0.15, 0.2) is 204 Å². The summed E-state index contributed by atoms with van der Waals surface area (Å²) >= 11 is 0. The molecular weight excluding hydrogens is 1800 g/mol. The normalized spacial score (nSPS) is 21.2. The highest BCUT2D eigenvalue weighted by Crippen LogP contribution is 2.47. The van der Waals surface area contributed by atoms with Crippen molar-refractivity contribution in [2.75, 3.05) is 70.9 Å². The molecule has 0 amide bonds. The number of benzene rings is 11. The van der Waals surface area contributed by atoms with Gasteiger partial charge in [0.15, 0.2) is 35.1 Å². The molecule has 11 aromatic rings. The molecule has 10 fully saturated rings. The third-order valence-corrected chi connectivity index (χ3v) is 46.7. The quantitative estimate of drug-likeness (QED) is 0.0446. The average Bonchev–Trinajstić information content (AvgIpc) is 1.68. The van der Waals surface area contributed by atoms with E-state index >= 15 is 0 Å². The summed E-state index contributed by atoms with van der Waals surface area (Å²) in [5.41, 5.74) is 6.15. The summed E-state index contributed by atoms with van der Waals surface area (Å²) in [6.07, 6.45) is 46.9. The van der Waals surface area contributed by atoms with Gasteiger partial charge < -0.3 is 44.5 Å². The molecule has 4 saturated carbocycles. The van der Waals surface area contributed by atoms with Crippen LogP contribution in [0.25, 0.3) is 43.1 Å². The fourth-order valence-electron chi connectivity index (χ4n) is 21.6. The van der Waals surface area contributed by atoms with E-state index in [9.17, 15) is 25.5 Å². The SMILES string of the molecule is CC(Oc1ccc2ccccc2c1[S+]1CCCC1)C1CC1.C[S+](C)c1ccc(O)c2ccc(O)cc12.Cc1cc([S+]2C(C)CCC2C)cc(C)c1O.Cc1cc([S+]2CCCC2)cc(C)c1O.Cc1cc([S+]2CCCC2C)cc(C)c1O.c1cc(OC2CCCCCC2)c2c([S+]3CCCC3)ccc(OC3CCCCCC3)c2c1.c1ccc2c([S+]3CCCC3)ccc(OCC3CCCCC3)c2c1. The number of fused-ring (bicyclic) bond motifs is 4. The van der Waals surface area contributed by atoms with Crippen LogP contribution in [0, 0.1) is 53.4 Å². The van der Waals surface area contributed by atoms with Crippen molar-refractivity contribution in [2.45, 2.75) is 337 Å². The maximum Gasteiger partial charge on any atom is 0.204 e. The van der Waals surface area contributed by atoms with E-state index in [0.717, 1.165) is 95.6 Å². The molecule has 724 valence electrons. The van der Waals surface area contributed by atoms with Crippen molar-refractivity contribution in [1.82, 2.24) is 0 Å². The Balaban J connectivity index is 0.000000122. The van der Waals surface area contributed by atoms with Crippen molar-refractivity contribution in [2.24, 2.45) is 11.8 Å². The van der Waals surface area contributed by atoms with Crippen LogP contribution in [0.1, 0.15) is 260 Å². The summed E-state index contributed by atoms with van der Waals surface area (Å²) in [5.74, 6) is 20.1. The van der Waals surface area contributed by atoms with Crippen LogP contribution in [0.2, 0.25) is 0 Å². The number of hydrogen-bond acceptors (Lipinski definition) is 9. The van der Waals surface area contributed by atoms with Crippen LogP contribution >= 0.6 is 0 Å². The minimum Gasteiger partial charge on any atom is -0.508 e. The minimum absolute atomic E-state index is 0.108. The second kappa shape index (κ2) is 50.0. The zero-order valence-corrected chi connectivity index (χ0v) is 89.2. The van der Waals surface area contributed by atoms with Gasteiger partial charge in [0.1, 0.15) is 126 Å². The van der Waals surface area contributed by atoms with E-state index in [-0.39, 0.29) is 22.4 Å². The Bertz CT molecular complexity index is 5590. The molecule has 0 radical (unpaired) electrons. The standard InChI is InChI=1S/C28H39O2S.C21H27OS.C19H23OS.C14H20OS.C13H18OS.C12H12O2S.C12H16OS/c1-2-6-13-22(12-5-1)29-25-18-19-27(31-20-9-10-21-31)28-24(25)16-11-17-26(28)30-23-14-7-3-4-8-15-23;1-2-8-17(9-3-1)16-22-20-12-13-21(23-14-6-7-15-23)19-11-5-4-10-18(19)20;1-14(15-8-9-15)20-18-11-10-16-6-2-3-7-17(16)19(18)21-12-4-5-13-21;1-9-7-13(8-10(2)14(9)15)16-11(3)5-6-12(16)4;1-9-7-12(8-10(2)13(9)14)15-6-4-5-11(15)3;1-15(2)12-6-5-11(14)9-4-3-8(13)7-10(9)12;1-9-7-11(8-10(2)12(9)13)14-5-3-4-6-14/h11,16-19,22-23H,1-10,12-15,20-21H2;4-5,10-13,17H,1-3,6-9,14-16H2;2-3,6-7,10-11,14-15H,4-5,8-9,12-13H2,1H3;7-8,11-12H,5-6H2,1-4H3;7-8,11H,4-6H2,1-3H3;3-7H,1-2H3,(H-,13,14);7-8H,3-6H2,1-2H3/q3*+1;;;;/p+4. The summed E-state index contributed by atoms with van der Waals surface area (Å²) in [7, 11) is 2.59. The van der Waals surface area contributed by atoms with Gasteiger partial charge in [-0.1, -0.05) is 99.5 Å².